The summed E-state index contributed by atoms with van der Waals surface area (Å²) in [5.41, 5.74) is 0.856. The quantitative estimate of drug-likeness (QED) is 0.587. The highest BCUT2D eigenvalue weighted by atomic mass is 35.5. The van der Waals surface area contributed by atoms with Crippen molar-refractivity contribution in [1.29, 1.82) is 0 Å². The zero-order chi connectivity index (χ0) is 19.7. The van der Waals surface area contributed by atoms with Crippen LogP contribution in [0.1, 0.15) is 23.2 Å². The van der Waals surface area contributed by atoms with Crippen LogP contribution in [0.5, 0.6) is 5.75 Å². The molecule has 1 aliphatic heterocycles. The molecule has 1 aliphatic rings. The molecular weight excluding hydrogens is 403 g/mol. The number of aromatic nitrogens is 1. The van der Waals surface area contributed by atoms with E-state index in [1.54, 1.807) is 30.2 Å². The monoisotopic (exact) mass is 420 g/mol. The zero-order valence-electron chi connectivity index (χ0n) is 15.2. The minimum atomic E-state index is -0.461. The van der Waals surface area contributed by atoms with Crippen molar-refractivity contribution in [2.45, 2.75) is 18.9 Å². The van der Waals surface area contributed by atoms with Gasteiger partial charge in [-0.05, 0) is 43.2 Å². The smallest absolute Gasteiger partial charge is 0.260 e. The van der Waals surface area contributed by atoms with Crippen LogP contribution in [0.2, 0.25) is 5.02 Å². The Morgan fingerprint density at radius 2 is 2.29 bits per heavy atom. The lowest BCUT2D eigenvalue weighted by Gasteiger charge is -2.23. The molecule has 0 bridgehead atoms. The van der Waals surface area contributed by atoms with Crippen LogP contribution in [0.25, 0.3) is 10.2 Å². The van der Waals surface area contributed by atoms with Gasteiger partial charge >= 0.3 is 0 Å². The van der Waals surface area contributed by atoms with Crippen LogP contribution in [0.3, 0.4) is 0 Å². The van der Waals surface area contributed by atoms with Crippen molar-refractivity contribution in [3.63, 3.8) is 0 Å². The normalized spacial score (nSPS) is 16.5. The second kappa shape index (κ2) is 8.03. The topological polar surface area (TPSA) is 51.7 Å². The van der Waals surface area contributed by atoms with Crippen molar-refractivity contribution in [2.24, 2.45) is 0 Å². The summed E-state index contributed by atoms with van der Waals surface area (Å²) in [7, 11) is 1.56. The van der Waals surface area contributed by atoms with Gasteiger partial charge in [-0.1, -0.05) is 29.0 Å². The van der Waals surface area contributed by atoms with E-state index in [4.69, 9.17) is 21.1 Å². The number of carbonyl (C=O) groups is 1. The Kier molecular flexibility index (Phi) is 5.48. The van der Waals surface area contributed by atoms with Crippen molar-refractivity contribution in [3.8, 4) is 5.75 Å². The van der Waals surface area contributed by atoms with E-state index in [9.17, 15) is 9.18 Å². The number of hydrogen-bond acceptors (Lipinski definition) is 5. The third-order valence-corrected chi connectivity index (χ3v) is 6.16. The van der Waals surface area contributed by atoms with Gasteiger partial charge in [0, 0.05) is 12.2 Å². The number of anilines is 1. The van der Waals surface area contributed by atoms with Gasteiger partial charge in [-0.3, -0.25) is 9.69 Å². The maximum Gasteiger partial charge on any atom is 0.260 e. The fourth-order valence-corrected chi connectivity index (χ4v) is 4.50. The van der Waals surface area contributed by atoms with Gasteiger partial charge in [0.1, 0.15) is 17.1 Å². The van der Waals surface area contributed by atoms with Crippen LogP contribution < -0.4 is 9.64 Å². The second-order valence-corrected chi connectivity index (χ2v) is 7.87. The summed E-state index contributed by atoms with van der Waals surface area (Å²) in [6.45, 7) is 1.02. The number of benzene rings is 2. The number of fused-ring (bicyclic) bond motifs is 1. The predicted molar refractivity (Wildman–Crippen MR) is 108 cm³/mol. The molecule has 1 unspecified atom stereocenters. The third kappa shape index (κ3) is 3.70. The van der Waals surface area contributed by atoms with Crippen molar-refractivity contribution >= 4 is 44.2 Å². The van der Waals surface area contributed by atoms with Crippen LogP contribution in [0, 0.1) is 5.82 Å². The van der Waals surface area contributed by atoms with E-state index in [-0.39, 0.29) is 17.6 Å². The molecule has 0 saturated carbocycles. The van der Waals surface area contributed by atoms with E-state index >= 15 is 0 Å². The van der Waals surface area contributed by atoms with Crippen LogP contribution >= 0.6 is 22.9 Å². The minimum absolute atomic E-state index is 0.0816. The van der Waals surface area contributed by atoms with Gasteiger partial charge < -0.3 is 9.47 Å². The van der Waals surface area contributed by atoms with Crippen LogP contribution in [0.4, 0.5) is 9.52 Å². The number of thiazole rings is 1. The summed E-state index contributed by atoms with van der Waals surface area (Å²) in [6.07, 6.45) is 1.73. The molecule has 1 amide bonds. The Hall–Kier alpha value is -2.22. The molecule has 1 fully saturated rings. The largest absolute Gasteiger partial charge is 0.494 e. The Bertz CT molecular complexity index is 1020. The predicted octanol–water partition coefficient (Wildman–Crippen LogP) is 4.92. The number of carbonyl (C=O) groups excluding carboxylic acids is 1. The molecule has 4 rings (SSSR count). The summed E-state index contributed by atoms with van der Waals surface area (Å²) in [5.74, 6) is -0.210. The Morgan fingerprint density at radius 3 is 3.00 bits per heavy atom. The zero-order valence-corrected chi connectivity index (χ0v) is 16.7. The summed E-state index contributed by atoms with van der Waals surface area (Å²) < 4.78 is 25.5. The van der Waals surface area contributed by atoms with Gasteiger partial charge in [-0.25, -0.2) is 9.37 Å². The molecule has 3 aromatic rings. The van der Waals surface area contributed by atoms with Gasteiger partial charge in [0.2, 0.25) is 0 Å². The highest BCUT2D eigenvalue weighted by molar-refractivity contribution is 7.23. The molecule has 2 aromatic carbocycles. The van der Waals surface area contributed by atoms with E-state index in [0.29, 0.717) is 34.6 Å². The molecule has 0 aliphatic carbocycles. The van der Waals surface area contributed by atoms with Gasteiger partial charge in [0.25, 0.3) is 5.91 Å². The molecule has 146 valence electrons. The van der Waals surface area contributed by atoms with E-state index in [0.717, 1.165) is 17.5 Å². The van der Waals surface area contributed by atoms with Crippen molar-refractivity contribution in [2.75, 3.05) is 25.2 Å². The van der Waals surface area contributed by atoms with Crippen LogP contribution in [-0.4, -0.2) is 37.3 Å². The van der Waals surface area contributed by atoms with Crippen molar-refractivity contribution < 1.29 is 18.7 Å². The lowest BCUT2D eigenvalue weighted by atomic mass is 10.1. The molecular formula is C20H18ClFN2O3S. The number of rotatable bonds is 5. The SMILES string of the molecule is COc1ccc(Cl)c2sc(N(CC3CCCO3)C(=O)c3cccc(F)c3)nc12. The average Bonchev–Trinajstić information content (AvgIpc) is 3.36. The molecule has 28 heavy (non-hydrogen) atoms. The first kappa shape index (κ1) is 19.1. The molecule has 5 nitrogen and oxygen atoms in total. The Balaban J connectivity index is 1.77. The number of methoxy groups -OCH3 is 1. The lowest BCUT2D eigenvalue weighted by Crippen LogP contribution is -2.37. The molecule has 2 heterocycles. The maximum atomic E-state index is 13.7. The summed E-state index contributed by atoms with van der Waals surface area (Å²) in [5, 5.41) is 1.01. The van der Waals surface area contributed by atoms with Crippen LogP contribution in [-0.2, 0) is 4.74 Å². The molecule has 0 spiro atoms. The molecule has 1 saturated heterocycles. The van der Waals surface area contributed by atoms with E-state index in [2.05, 4.69) is 4.98 Å². The third-order valence-electron chi connectivity index (χ3n) is 4.62. The second-order valence-electron chi connectivity index (χ2n) is 6.48. The van der Waals surface area contributed by atoms with Gasteiger partial charge in [-0.15, -0.1) is 0 Å². The van der Waals surface area contributed by atoms with Gasteiger partial charge in [0.15, 0.2) is 5.13 Å². The molecule has 0 radical (unpaired) electrons. The first-order chi connectivity index (χ1) is 13.6. The lowest BCUT2D eigenvalue weighted by molar-refractivity contribution is 0.0917. The fourth-order valence-electron chi connectivity index (χ4n) is 3.24. The fraction of sp³-hybridized carbons (Fsp3) is 0.300. The van der Waals surface area contributed by atoms with Crippen molar-refractivity contribution in [3.05, 3.63) is 52.8 Å². The number of ether oxygens (including phenoxy) is 2. The average molecular weight is 421 g/mol. The Labute approximate surface area is 170 Å². The number of halogens is 2. The van der Waals surface area contributed by atoms with E-state index < -0.39 is 5.82 Å². The van der Waals surface area contributed by atoms with E-state index in [1.165, 1.54) is 29.5 Å². The minimum Gasteiger partial charge on any atom is -0.494 e. The van der Waals surface area contributed by atoms with Gasteiger partial charge in [0.05, 0.1) is 29.5 Å². The summed E-state index contributed by atoms with van der Waals surface area (Å²) in [4.78, 5) is 19.4. The molecule has 0 N–H and O–H groups in total. The van der Waals surface area contributed by atoms with Crippen LogP contribution in [0.15, 0.2) is 36.4 Å². The molecule has 8 heteroatoms. The molecule has 1 atom stereocenters. The number of amides is 1. The van der Waals surface area contributed by atoms with Crippen molar-refractivity contribution in [1.82, 2.24) is 4.98 Å². The summed E-state index contributed by atoms with van der Waals surface area (Å²) in [6, 6.07) is 9.13. The highest BCUT2D eigenvalue weighted by Gasteiger charge is 2.28. The van der Waals surface area contributed by atoms with Gasteiger partial charge in [-0.2, -0.15) is 0 Å². The van der Waals surface area contributed by atoms with E-state index in [1.807, 2.05) is 0 Å². The Morgan fingerprint density at radius 1 is 1.43 bits per heavy atom. The first-order valence-electron chi connectivity index (χ1n) is 8.89. The number of hydrogen-bond donors (Lipinski definition) is 0. The summed E-state index contributed by atoms with van der Waals surface area (Å²) >= 11 is 7.63. The highest BCUT2D eigenvalue weighted by Crippen LogP contribution is 2.39. The maximum absolute atomic E-state index is 13.7. The molecule has 1 aromatic heterocycles. The first-order valence-corrected chi connectivity index (χ1v) is 10.1. The number of nitrogens with zero attached hydrogens (tertiary/aromatic N) is 2. The standard InChI is InChI=1S/C20H18ClFN2O3S/c1-26-16-8-7-15(21)18-17(16)23-20(28-18)24(11-14-6-3-9-27-14)19(25)12-4-2-5-13(22)10-12/h2,4-5,7-8,10,14H,3,6,9,11H2,1H3.